The van der Waals surface area contributed by atoms with Gasteiger partial charge in [0.25, 0.3) is 5.91 Å². The van der Waals surface area contributed by atoms with Gasteiger partial charge >= 0.3 is 0 Å². The summed E-state index contributed by atoms with van der Waals surface area (Å²) in [6.45, 7) is 0.448. The Kier molecular flexibility index (Phi) is 7.13. The maximum Gasteiger partial charge on any atom is 0.271 e. The van der Waals surface area contributed by atoms with Crippen molar-refractivity contribution in [3.8, 4) is 22.6 Å². The molecule has 0 spiro atoms. The Labute approximate surface area is 193 Å². The van der Waals surface area contributed by atoms with E-state index in [1.165, 1.54) is 0 Å². The topological polar surface area (TPSA) is 59.9 Å². The maximum atomic E-state index is 12.4. The SMILES string of the molecule is COc1cc(C=NNC(=O)c2ccc(-c3ccccc3)cc2)ccc1OCc1ccccc1. The molecule has 0 aliphatic carbocycles. The third kappa shape index (κ3) is 5.86. The number of ether oxygens (including phenoxy) is 2. The number of carbonyl (C=O) groups is 1. The zero-order valence-corrected chi connectivity index (χ0v) is 18.3. The second-order valence-electron chi connectivity index (χ2n) is 7.33. The Bertz CT molecular complexity index is 1220. The molecule has 4 aromatic rings. The van der Waals surface area contributed by atoms with Crippen molar-refractivity contribution in [2.24, 2.45) is 5.10 Å². The molecule has 0 aliphatic rings. The zero-order valence-electron chi connectivity index (χ0n) is 18.3. The first kappa shape index (κ1) is 21.8. The highest BCUT2D eigenvalue weighted by Crippen LogP contribution is 2.28. The van der Waals surface area contributed by atoms with Gasteiger partial charge in [0.2, 0.25) is 0 Å². The average molecular weight is 437 g/mol. The lowest BCUT2D eigenvalue weighted by atomic mass is 10.0. The number of carbonyl (C=O) groups excluding carboxylic acids is 1. The zero-order chi connectivity index (χ0) is 22.9. The molecule has 1 amide bonds. The fourth-order valence-electron chi connectivity index (χ4n) is 3.29. The van der Waals surface area contributed by atoms with Gasteiger partial charge in [-0.05, 0) is 52.6 Å². The van der Waals surface area contributed by atoms with Gasteiger partial charge in [-0.2, -0.15) is 5.10 Å². The quantitative estimate of drug-likeness (QED) is 0.284. The van der Waals surface area contributed by atoms with Crippen LogP contribution in [0.4, 0.5) is 0 Å². The van der Waals surface area contributed by atoms with E-state index in [4.69, 9.17) is 9.47 Å². The van der Waals surface area contributed by atoms with Gasteiger partial charge in [0.05, 0.1) is 13.3 Å². The van der Waals surface area contributed by atoms with Crippen molar-refractivity contribution in [2.45, 2.75) is 6.61 Å². The first-order valence-electron chi connectivity index (χ1n) is 10.6. The Balaban J connectivity index is 1.36. The van der Waals surface area contributed by atoms with E-state index in [1.807, 2.05) is 91.0 Å². The van der Waals surface area contributed by atoms with Gasteiger partial charge in [-0.3, -0.25) is 4.79 Å². The Morgan fingerprint density at radius 3 is 2.18 bits per heavy atom. The van der Waals surface area contributed by atoms with E-state index in [0.717, 1.165) is 22.3 Å². The summed E-state index contributed by atoms with van der Waals surface area (Å²) in [6.07, 6.45) is 1.57. The van der Waals surface area contributed by atoms with E-state index < -0.39 is 0 Å². The monoisotopic (exact) mass is 436 g/mol. The Morgan fingerprint density at radius 1 is 0.818 bits per heavy atom. The number of hydrogen-bond acceptors (Lipinski definition) is 4. The van der Waals surface area contributed by atoms with E-state index in [2.05, 4.69) is 10.5 Å². The van der Waals surface area contributed by atoms with Crippen LogP contribution >= 0.6 is 0 Å². The molecule has 0 radical (unpaired) electrons. The fraction of sp³-hybridized carbons (Fsp3) is 0.0714. The lowest BCUT2D eigenvalue weighted by molar-refractivity contribution is 0.0955. The molecule has 5 heteroatoms. The molecule has 0 unspecified atom stereocenters. The van der Waals surface area contributed by atoms with Crippen LogP contribution in [0.5, 0.6) is 11.5 Å². The second-order valence-corrected chi connectivity index (χ2v) is 7.33. The van der Waals surface area contributed by atoms with Gasteiger partial charge in [-0.1, -0.05) is 72.8 Å². The van der Waals surface area contributed by atoms with Crippen molar-refractivity contribution in [2.75, 3.05) is 7.11 Å². The van der Waals surface area contributed by atoms with Crippen LogP contribution in [-0.2, 0) is 6.61 Å². The minimum atomic E-state index is -0.277. The number of nitrogens with zero attached hydrogens (tertiary/aromatic N) is 1. The first-order valence-corrected chi connectivity index (χ1v) is 10.6. The first-order chi connectivity index (χ1) is 16.2. The summed E-state index contributed by atoms with van der Waals surface area (Å²) in [7, 11) is 1.59. The molecular formula is C28H24N2O3. The second kappa shape index (κ2) is 10.8. The normalized spacial score (nSPS) is 10.7. The molecular weight excluding hydrogens is 412 g/mol. The van der Waals surface area contributed by atoms with Crippen LogP contribution in [0, 0.1) is 0 Å². The minimum Gasteiger partial charge on any atom is -0.493 e. The highest BCUT2D eigenvalue weighted by molar-refractivity contribution is 5.95. The number of hydrazone groups is 1. The van der Waals surface area contributed by atoms with Gasteiger partial charge in [0, 0.05) is 5.56 Å². The average Bonchev–Trinajstić information content (AvgIpc) is 2.89. The third-order valence-electron chi connectivity index (χ3n) is 5.06. The van der Waals surface area contributed by atoms with E-state index in [0.29, 0.717) is 23.7 Å². The predicted octanol–water partition coefficient (Wildman–Crippen LogP) is 5.71. The number of benzene rings is 4. The summed E-state index contributed by atoms with van der Waals surface area (Å²) in [5.41, 5.74) is 7.11. The number of methoxy groups -OCH3 is 1. The molecule has 1 N–H and O–H groups in total. The molecule has 0 saturated carbocycles. The van der Waals surface area contributed by atoms with Crippen LogP contribution in [0.1, 0.15) is 21.5 Å². The van der Waals surface area contributed by atoms with Crippen LogP contribution in [0.25, 0.3) is 11.1 Å². The van der Waals surface area contributed by atoms with Gasteiger partial charge in [0.1, 0.15) is 6.61 Å². The molecule has 0 bridgehead atoms. The van der Waals surface area contributed by atoms with Crippen molar-refractivity contribution in [1.29, 1.82) is 0 Å². The van der Waals surface area contributed by atoms with Crippen LogP contribution in [-0.4, -0.2) is 19.2 Å². The van der Waals surface area contributed by atoms with Crippen molar-refractivity contribution in [3.63, 3.8) is 0 Å². The fourth-order valence-corrected chi connectivity index (χ4v) is 3.29. The number of rotatable bonds is 8. The molecule has 0 atom stereocenters. The molecule has 5 nitrogen and oxygen atoms in total. The molecule has 4 rings (SSSR count). The standard InChI is InChI=1S/C28H24N2O3/c1-32-27-18-22(12-17-26(27)33-20-21-8-4-2-5-9-21)19-29-30-28(31)25-15-13-24(14-16-25)23-10-6-3-7-11-23/h2-19H,20H2,1H3,(H,30,31). The lowest BCUT2D eigenvalue weighted by Gasteiger charge is -2.11. The summed E-state index contributed by atoms with van der Waals surface area (Å²) in [5, 5.41) is 4.08. The molecule has 4 aromatic carbocycles. The minimum absolute atomic E-state index is 0.277. The van der Waals surface area contributed by atoms with E-state index in [-0.39, 0.29) is 5.91 Å². The maximum absolute atomic E-state index is 12.4. The van der Waals surface area contributed by atoms with Crippen LogP contribution < -0.4 is 14.9 Å². The van der Waals surface area contributed by atoms with Gasteiger partial charge < -0.3 is 9.47 Å². The molecule has 0 saturated heterocycles. The molecule has 33 heavy (non-hydrogen) atoms. The van der Waals surface area contributed by atoms with Crippen LogP contribution in [0.2, 0.25) is 0 Å². The molecule has 0 aliphatic heterocycles. The van der Waals surface area contributed by atoms with E-state index in [9.17, 15) is 4.79 Å². The molecule has 164 valence electrons. The largest absolute Gasteiger partial charge is 0.493 e. The number of amides is 1. The Hall–Kier alpha value is -4.38. The molecule has 0 heterocycles. The van der Waals surface area contributed by atoms with Gasteiger partial charge in [-0.15, -0.1) is 0 Å². The smallest absolute Gasteiger partial charge is 0.271 e. The van der Waals surface area contributed by atoms with Crippen LogP contribution in [0.15, 0.2) is 108 Å². The third-order valence-corrected chi connectivity index (χ3v) is 5.06. The van der Waals surface area contributed by atoms with Gasteiger partial charge in [0.15, 0.2) is 11.5 Å². The summed E-state index contributed by atoms with van der Waals surface area (Å²) >= 11 is 0. The highest BCUT2D eigenvalue weighted by atomic mass is 16.5. The number of hydrogen-bond donors (Lipinski definition) is 1. The molecule has 0 aromatic heterocycles. The summed E-state index contributed by atoms with van der Waals surface area (Å²) in [4.78, 5) is 12.4. The van der Waals surface area contributed by atoms with E-state index >= 15 is 0 Å². The van der Waals surface area contributed by atoms with Crippen molar-refractivity contribution in [1.82, 2.24) is 5.43 Å². The summed E-state index contributed by atoms with van der Waals surface area (Å²) < 4.78 is 11.3. The Morgan fingerprint density at radius 2 is 1.48 bits per heavy atom. The van der Waals surface area contributed by atoms with E-state index in [1.54, 1.807) is 25.5 Å². The lowest BCUT2D eigenvalue weighted by Crippen LogP contribution is -2.17. The van der Waals surface area contributed by atoms with Crippen molar-refractivity contribution >= 4 is 12.1 Å². The summed E-state index contributed by atoms with van der Waals surface area (Å²) in [6, 6.07) is 32.9. The number of nitrogens with one attached hydrogen (secondary N) is 1. The molecule has 0 fully saturated rings. The van der Waals surface area contributed by atoms with Crippen molar-refractivity contribution in [3.05, 3.63) is 120 Å². The van der Waals surface area contributed by atoms with Crippen molar-refractivity contribution < 1.29 is 14.3 Å². The predicted molar refractivity (Wildman–Crippen MR) is 131 cm³/mol. The highest BCUT2D eigenvalue weighted by Gasteiger charge is 2.07. The van der Waals surface area contributed by atoms with Gasteiger partial charge in [-0.25, -0.2) is 5.43 Å². The van der Waals surface area contributed by atoms with Crippen LogP contribution in [0.3, 0.4) is 0 Å². The summed E-state index contributed by atoms with van der Waals surface area (Å²) in [5.74, 6) is 0.958.